The second-order valence-electron chi connectivity index (χ2n) is 5.49. The van der Waals surface area contributed by atoms with E-state index in [4.69, 9.17) is 5.73 Å². The van der Waals surface area contributed by atoms with Crippen LogP contribution in [0.5, 0.6) is 0 Å². The van der Waals surface area contributed by atoms with Crippen molar-refractivity contribution < 1.29 is 4.79 Å². The zero-order valence-electron chi connectivity index (χ0n) is 13.6. The summed E-state index contributed by atoms with van der Waals surface area (Å²) in [5.74, 6) is 1.05. The molecule has 0 fully saturated rings. The van der Waals surface area contributed by atoms with E-state index in [1.165, 1.54) is 0 Å². The molecule has 0 atom stereocenters. The first-order valence-corrected chi connectivity index (χ1v) is 8.36. The molecular formula is C16H26BrIN4O. The molecule has 0 unspecified atom stereocenters. The van der Waals surface area contributed by atoms with E-state index in [0.717, 1.165) is 23.9 Å². The van der Waals surface area contributed by atoms with Crippen LogP contribution in [0.25, 0.3) is 0 Å². The van der Waals surface area contributed by atoms with E-state index in [1.807, 2.05) is 12.1 Å². The Morgan fingerprint density at radius 2 is 1.87 bits per heavy atom. The van der Waals surface area contributed by atoms with Crippen LogP contribution < -0.4 is 16.4 Å². The van der Waals surface area contributed by atoms with Crippen molar-refractivity contribution in [2.45, 2.75) is 26.7 Å². The van der Waals surface area contributed by atoms with Gasteiger partial charge in [0.2, 0.25) is 0 Å². The lowest BCUT2D eigenvalue weighted by atomic mass is 10.1. The summed E-state index contributed by atoms with van der Waals surface area (Å²) in [7, 11) is 0. The average molecular weight is 497 g/mol. The van der Waals surface area contributed by atoms with Crippen molar-refractivity contribution in [1.82, 2.24) is 10.6 Å². The highest BCUT2D eigenvalue weighted by Gasteiger charge is 2.03. The van der Waals surface area contributed by atoms with Gasteiger partial charge < -0.3 is 16.4 Å². The van der Waals surface area contributed by atoms with Gasteiger partial charge in [0.05, 0.1) is 0 Å². The Bertz CT molecular complexity index is 491. The van der Waals surface area contributed by atoms with Crippen molar-refractivity contribution in [3.05, 3.63) is 34.3 Å². The number of nitrogens with two attached hydrogens (primary N) is 1. The Morgan fingerprint density at radius 1 is 1.22 bits per heavy atom. The SMILES string of the molecule is CC(C)CCNC(N)=NCCCNC(=O)c1ccc(Br)cc1.I. The van der Waals surface area contributed by atoms with Crippen LogP contribution in [0.1, 0.15) is 37.0 Å². The molecule has 0 bridgehead atoms. The molecular weight excluding hydrogens is 471 g/mol. The molecule has 130 valence electrons. The summed E-state index contributed by atoms with van der Waals surface area (Å²) in [6.45, 7) is 6.36. The molecule has 0 saturated carbocycles. The normalized spacial score (nSPS) is 11.0. The number of halogens is 2. The minimum Gasteiger partial charge on any atom is -0.370 e. The molecule has 0 spiro atoms. The lowest BCUT2D eigenvalue weighted by Gasteiger charge is -2.07. The number of rotatable bonds is 8. The molecule has 0 radical (unpaired) electrons. The first-order valence-electron chi connectivity index (χ1n) is 7.56. The topological polar surface area (TPSA) is 79.5 Å². The van der Waals surface area contributed by atoms with E-state index in [1.54, 1.807) is 12.1 Å². The summed E-state index contributed by atoms with van der Waals surface area (Å²) in [6, 6.07) is 7.27. The summed E-state index contributed by atoms with van der Waals surface area (Å²) in [5, 5.41) is 5.95. The van der Waals surface area contributed by atoms with Gasteiger partial charge in [0.1, 0.15) is 0 Å². The Kier molecular flexibility index (Phi) is 12.1. The van der Waals surface area contributed by atoms with E-state index in [-0.39, 0.29) is 29.9 Å². The fraction of sp³-hybridized carbons (Fsp3) is 0.500. The Morgan fingerprint density at radius 3 is 2.48 bits per heavy atom. The standard InChI is InChI=1S/C16H25BrN4O.HI/c1-12(2)8-11-21-16(18)20-10-3-9-19-15(22)13-4-6-14(17)7-5-13;/h4-7,12H,3,8-11H2,1-2H3,(H,19,22)(H3,18,20,21);1H. The van der Waals surface area contributed by atoms with Gasteiger partial charge in [-0.3, -0.25) is 9.79 Å². The first kappa shape index (κ1) is 22.2. The van der Waals surface area contributed by atoms with Crippen LogP contribution in [0, 0.1) is 5.92 Å². The second-order valence-corrected chi connectivity index (χ2v) is 6.41. The molecule has 1 rings (SSSR count). The predicted octanol–water partition coefficient (Wildman–Crippen LogP) is 3.14. The molecule has 1 amide bonds. The van der Waals surface area contributed by atoms with Gasteiger partial charge in [0, 0.05) is 29.7 Å². The maximum atomic E-state index is 11.9. The summed E-state index contributed by atoms with van der Waals surface area (Å²) < 4.78 is 0.957. The molecule has 0 heterocycles. The molecule has 7 heteroatoms. The molecule has 5 nitrogen and oxygen atoms in total. The fourth-order valence-electron chi connectivity index (χ4n) is 1.73. The van der Waals surface area contributed by atoms with E-state index < -0.39 is 0 Å². The van der Waals surface area contributed by atoms with Crippen LogP contribution >= 0.6 is 39.9 Å². The van der Waals surface area contributed by atoms with Gasteiger partial charge in [-0.15, -0.1) is 24.0 Å². The number of benzene rings is 1. The van der Waals surface area contributed by atoms with Gasteiger partial charge >= 0.3 is 0 Å². The van der Waals surface area contributed by atoms with Crippen LogP contribution in [-0.4, -0.2) is 31.5 Å². The van der Waals surface area contributed by atoms with Crippen LogP contribution in [0.4, 0.5) is 0 Å². The third-order valence-electron chi connectivity index (χ3n) is 3.04. The van der Waals surface area contributed by atoms with Crippen LogP contribution in [0.2, 0.25) is 0 Å². The number of amides is 1. The Labute approximate surface area is 164 Å². The second kappa shape index (κ2) is 12.6. The molecule has 23 heavy (non-hydrogen) atoms. The third-order valence-corrected chi connectivity index (χ3v) is 3.57. The summed E-state index contributed by atoms with van der Waals surface area (Å²) in [5.41, 5.74) is 6.41. The van der Waals surface area contributed by atoms with Crippen molar-refractivity contribution in [2.75, 3.05) is 19.6 Å². The monoisotopic (exact) mass is 496 g/mol. The molecule has 1 aromatic rings. The summed E-state index contributed by atoms with van der Waals surface area (Å²) in [6.07, 6.45) is 1.83. The highest BCUT2D eigenvalue weighted by molar-refractivity contribution is 14.0. The largest absolute Gasteiger partial charge is 0.370 e. The number of hydrogen-bond donors (Lipinski definition) is 3. The molecule has 0 aromatic heterocycles. The predicted molar refractivity (Wildman–Crippen MR) is 110 cm³/mol. The van der Waals surface area contributed by atoms with Crippen molar-refractivity contribution in [2.24, 2.45) is 16.6 Å². The highest BCUT2D eigenvalue weighted by atomic mass is 127. The molecule has 4 N–H and O–H groups in total. The molecule has 0 saturated heterocycles. The number of nitrogens with zero attached hydrogens (tertiary/aromatic N) is 1. The number of nitrogens with one attached hydrogen (secondary N) is 2. The van der Waals surface area contributed by atoms with E-state index in [9.17, 15) is 4.79 Å². The van der Waals surface area contributed by atoms with Crippen molar-refractivity contribution >= 4 is 51.8 Å². The molecule has 0 aliphatic rings. The van der Waals surface area contributed by atoms with Gasteiger partial charge in [-0.2, -0.15) is 0 Å². The Balaban J connectivity index is 0.00000484. The number of carbonyl (C=O) groups excluding carboxylic acids is 1. The van der Waals surface area contributed by atoms with Crippen LogP contribution in [0.3, 0.4) is 0 Å². The lowest BCUT2D eigenvalue weighted by molar-refractivity contribution is 0.0953. The van der Waals surface area contributed by atoms with E-state index in [2.05, 4.69) is 45.4 Å². The van der Waals surface area contributed by atoms with E-state index >= 15 is 0 Å². The number of aliphatic imine (C=N–C) groups is 1. The fourth-order valence-corrected chi connectivity index (χ4v) is 1.99. The minimum atomic E-state index is -0.0699. The summed E-state index contributed by atoms with van der Waals surface area (Å²) >= 11 is 3.34. The Hall–Kier alpha value is -0.830. The van der Waals surface area contributed by atoms with Gasteiger partial charge in [-0.05, 0) is 43.0 Å². The summed E-state index contributed by atoms with van der Waals surface area (Å²) in [4.78, 5) is 16.1. The van der Waals surface area contributed by atoms with Crippen molar-refractivity contribution in [3.8, 4) is 0 Å². The van der Waals surface area contributed by atoms with Gasteiger partial charge in [-0.1, -0.05) is 29.8 Å². The number of carbonyl (C=O) groups is 1. The average Bonchev–Trinajstić information content (AvgIpc) is 2.47. The van der Waals surface area contributed by atoms with Gasteiger partial charge in [-0.25, -0.2) is 0 Å². The first-order chi connectivity index (χ1) is 10.5. The maximum Gasteiger partial charge on any atom is 0.251 e. The molecule has 0 aliphatic heterocycles. The quantitative estimate of drug-likeness (QED) is 0.224. The third kappa shape index (κ3) is 10.5. The lowest BCUT2D eigenvalue weighted by Crippen LogP contribution is -2.33. The molecule has 0 aliphatic carbocycles. The number of hydrogen-bond acceptors (Lipinski definition) is 2. The smallest absolute Gasteiger partial charge is 0.251 e. The minimum absolute atomic E-state index is 0. The zero-order chi connectivity index (χ0) is 16.4. The highest BCUT2D eigenvalue weighted by Crippen LogP contribution is 2.10. The van der Waals surface area contributed by atoms with E-state index in [0.29, 0.717) is 30.5 Å². The zero-order valence-corrected chi connectivity index (χ0v) is 17.6. The van der Waals surface area contributed by atoms with Gasteiger partial charge in [0.15, 0.2) is 5.96 Å². The maximum absolute atomic E-state index is 11.9. The number of guanidine groups is 1. The van der Waals surface area contributed by atoms with Gasteiger partial charge in [0.25, 0.3) is 5.91 Å². The molecule has 1 aromatic carbocycles. The van der Waals surface area contributed by atoms with Crippen LogP contribution in [-0.2, 0) is 0 Å². The van der Waals surface area contributed by atoms with Crippen molar-refractivity contribution in [1.29, 1.82) is 0 Å². The van der Waals surface area contributed by atoms with Crippen LogP contribution in [0.15, 0.2) is 33.7 Å². The van der Waals surface area contributed by atoms with Crippen molar-refractivity contribution in [3.63, 3.8) is 0 Å².